The Morgan fingerprint density at radius 2 is 1.72 bits per heavy atom. The van der Waals surface area contributed by atoms with Crippen molar-refractivity contribution in [2.75, 3.05) is 12.3 Å². The normalized spacial score (nSPS) is 18.4. The molecule has 7 heteroatoms. The Kier molecular flexibility index (Phi) is 6.41. The first kappa shape index (κ1) is 21.9. The van der Waals surface area contributed by atoms with Gasteiger partial charge in [0.15, 0.2) is 0 Å². The van der Waals surface area contributed by atoms with E-state index < -0.39 is 27.3 Å². The maximum absolute atomic E-state index is 13.6. The van der Waals surface area contributed by atoms with Crippen molar-refractivity contribution in [3.8, 4) is 0 Å². The van der Waals surface area contributed by atoms with E-state index in [0.29, 0.717) is 6.54 Å². The standard InChI is InChI=1S/C22H28N2O3S2/c1-16(17-8-6-5-7-9-17)24(21(25)20-23-14-15-28-20)29(26,27)19-12-10-18(11-13-19)22(2,3)4/h5-13,16,20,23H,14-15H2,1-4H3. The number of rotatable bonds is 5. The molecule has 29 heavy (non-hydrogen) atoms. The van der Waals surface area contributed by atoms with Gasteiger partial charge in [-0.2, -0.15) is 0 Å². The van der Waals surface area contributed by atoms with Crippen molar-refractivity contribution in [3.05, 3.63) is 65.7 Å². The van der Waals surface area contributed by atoms with Crippen molar-refractivity contribution in [1.29, 1.82) is 0 Å². The first-order valence-corrected chi connectivity index (χ1v) is 12.2. The fourth-order valence-electron chi connectivity index (χ4n) is 3.32. The summed E-state index contributed by atoms with van der Waals surface area (Å²) in [6, 6.07) is 15.5. The van der Waals surface area contributed by atoms with Gasteiger partial charge in [-0.1, -0.05) is 63.2 Å². The maximum Gasteiger partial charge on any atom is 0.267 e. The SMILES string of the molecule is CC(c1ccccc1)N(C(=O)C1NCCS1)S(=O)(=O)c1ccc(C(C)(C)C)cc1. The third-order valence-corrected chi connectivity index (χ3v) is 8.09. The molecule has 1 saturated heterocycles. The Morgan fingerprint density at radius 3 is 2.24 bits per heavy atom. The number of nitrogens with one attached hydrogen (secondary N) is 1. The number of hydrogen-bond acceptors (Lipinski definition) is 5. The predicted octanol–water partition coefficient (Wildman–Crippen LogP) is 3.93. The first-order valence-electron chi connectivity index (χ1n) is 9.71. The lowest BCUT2D eigenvalue weighted by Gasteiger charge is -2.31. The molecule has 2 aromatic rings. The fraction of sp³-hybridized carbons (Fsp3) is 0.409. The molecule has 1 heterocycles. The largest absolute Gasteiger partial charge is 0.297 e. The Balaban J connectivity index is 2.03. The zero-order valence-corrected chi connectivity index (χ0v) is 18.9. The molecule has 0 radical (unpaired) electrons. The number of thioether (sulfide) groups is 1. The van der Waals surface area contributed by atoms with E-state index in [2.05, 4.69) is 26.1 Å². The maximum atomic E-state index is 13.6. The Hall–Kier alpha value is -1.83. The lowest BCUT2D eigenvalue weighted by Crippen LogP contribution is -2.46. The lowest BCUT2D eigenvalue weighted by atomic mass is 9.87. The van der Waals surface area contributed by atoms with Gasteiger partial charge in [-0.05, 0) is 35.6 Å². The summed E-state index contributed by atoms with van der Waals surface area (Å²) in [6.07, 6.45) is 0. The second kappa shape index (κ2) is 8.50. The van der Waals surface area contributed by atoms with Crippen LogP contribution in [0.1, 0.15) is 44.9 Å². The Labute approximate surface area is 177 Å². The van der Waals surface area contributed by atoms with E-state index in [1.807, 2.05) is 42.5 Å². The highest BCUT2D eigenvalue weighted by molar-refractivity contribution is 8.01. The van der Waals surface area contributed by atoms with Gasteiger partial charge in [0.2, 0.25) is 0 Å². The zero-order valence-electron chi connectivity index (χ0n) is 17.3. The van der Waals surface area contributed by atoms with Crippen molar-refractivity contribution >= 4 is 27.7 Å². The summed E-state index contributed by atoms with van der Waals surface area (Å²) in [4.78, 5) is 13.4. The molecule has 2 aromatic carbocycles. The van der Waals surface area contributed by atoms with Crippen LogP contribution in [0.4, 0.5) is 0 Å². The van der Waals surface area contributed by atoms with Gasteiger partial charge in [-0.3, -0.25) is 10.1 Å². The molecule has 3 rings (SSSR count). The van der Waals surface area contributed by atoms with Crippen molar-refractivity contribution < 1.29 is 13.2 Å². The van der Waals surface area contributed by atoms with Crippen molar-refractivity contribution in [3.63, 3.8) is 0 Å². The molecule has 2 atom stereocenters. The summed E-state index contributed by atoms with van der Waals surface area (Å²) in [5.74, 6) is 0.355. The number of benzene rings is 2. The average molecular weight is 433 g/mol. The quantitative estimate of drug-likeness (QED) is 0.776. The van der Waals surface area contributed by atoms with E-state index in [1.54, 1.807) is 19.1 Å². The molecule has 0 aliphatic carbocycles. The molecule has 5 nitrogen and oxygen atoms in total. The highest BCUT2D eigenvalue weighted by Crippen LogP contribution is 2.32. The topological polar surface area (TPSA) is 66.5 Å². The molecule has 1 aliphatic heterocycles. The zero-order chi connectivity index (χ0) is 21.2. The molecular weight excluding hydrogens is 404 g/mol. The van der Waals surface area contributed by atoms with Gasteiger partial charge >= 0.3 is 0 Å². The van der Waals surface area contributed by atoms with Gasteiger partial charge in [-0.25, -0.2) is 12.7 Å². The summed E-state index contributed by atoms with van der Waals surface area (Å²) < 4.78 is 28.2. The summed E-state index contributed by atoms with van der Waals surface area (Å²) >= 11 is 1.44. The van der Waals surface area contributed by atoms with Crippen LogP contribution in [-0.2, 0) is 20.2 Å². The third kappa shape index (κ3) is 4.68. The van der Waals surface area contributed by atoms with Crippen LogP contribution in [0.2, 0.25) is 0 Å². The number of amides is 1. The molecular formula is C22H28N2O3S2. The smallest absolute Gasteiger partial charge is 0.267 e. The summed E-state index contributed by atoms with van der Waals surface area (Å²) in [5, 5.41) is 2.55. The summed E-state index contributed by atoms with van der Waals surface area (Å²) in [6.45, 7) is 8.68. The molecule has 1 aliphatic rings. The van der Waals surface area contributed by atoms with E-state index in [1.165, 1.54) is 11.8 Å². The summed E-state index contributed by atoms with van der Waals surface area (Å²) in [5.41, 5.74) is 1.73. The number of hydrogen-bond donors (Lipinski definition) is 1. The van der Waals surface area contributed by atoms with Crippen LogP contribution < -0.4 is 5.32 Å². The molecule has 0 bridgehead atoms. The van der Waals surface area contributed by atoms with Crippen LogP contribution in [0.3, 0.4) is 0 Å². The van der Waals surface area contributed by atoms with Gasteiger partial charge in [0.1, 0.15) is 5.37 Å². The van der Waals surface area contributed by atoms with Crippen LogP contribution in [0, 0.1) is 0 Å². The van der Waals surface area contributed by atoms with E-state index in [4.69, 9.17) is 0 Å². The van der Waals surface area contributed by atoms with E-state index in [9.17, 15) is 13.2 Å². The molecule has 2 unspecified atom stereocenters. The summed E-state index contributed by atoms with van der Waals surface area (Å²) in [7, 11) is -4.02. The highest BCUT2D eigenvalue weighted by Gasteiger charge is 2.39. The number of carbonyl (C=O) groups is 1. The number of sulfonamides is 1. The minimum atomic E-state index is -4.02. The van der Waals surface area contributed by atoms with E-state index in [0.717, 1.165) is 21.2 Å². The van der Waals surface area contributed by atoms with Crippen molar-refractivity contribution in [2.24, 2.45) is 0 Å². The van der Waals surface area contributed by atoms with Gasteiger partial charge in [0, 0.05) is 12.3 Å². The molecule has 1 N–H and O–H groups in total. The van der Waals surface area contributed by atoms with Gasteiger partial charge in [0.25, 0.3) is 15.9 Å². The van der Waals surface area contributed by atoms with Gasteiger partial charge in [-0.15, -0.1) is 11.8 Å². The molecule has 0 spiro atoms. The number of nitrogens with zero attached hydrogens (tertiary/aromatic N) is 1. The minimum Gasteiger partial charge on any atom is -0.297 e. The molecule has 1 fully saturated rings. The van der Waals surface area contributed by atoms with Gasteiger partial charge in [0.05, 0.1) is 10.9 Å². The molecule has 156 valence electrons. The third-order valence-electron chi connectivity index (χ3n) is 5.07. The first-order chi connectivity index (χ1) is 13.6. The van der Waals surface area contributed by atoms with E-state index >= 15 is 0 Å². The minimum absolute atomic E-state index is 0.0838. The van der Waals surface area contributed by atoms with Crippen LogP contribution in [0.15, 0.2) is 59.5 Å². The van der Waals surface area contributed by atoms with Crippen LogP contribution in [0.25, 0.3) is 0 Å². The molecule has 1 amide bonds. The Morgan fingerprint density at radius 1 is 1.10 bits per heavy atom. The number of carbonyl (C=O) groups excluding carboxylic acids is 1. The lowest BCUT2D eigenvalue weighted by molar-refractivity contribution is -0.127. The van der Waals surface area contributed by atoms with Crippen LogP contribution in [0.5, 0.6) is 0 Å². The average Bonchev–Trinajstić information content (AvgIpc) is 3.23. The second-order valence-corrected chi connectivity index (χ2v) is 11.2. The van der Waals surface area contributed by atoms with Crippen molar-refractivity contribution in [1.82, 2.24) is 9.62 Å². The predicted molar refractivity (Wildman–Crippen MR) is 118 cm³/mol. The molecule has 0 aromatic heterocycles. The van der Waals surface area contributed by atoms with Crippen molar-refractivity contribution in [2.45, 2.75) is 49.4 Å². The monoisotopic (exact) mass is 432 g/mol. The van der Waals surface area contributed by atoms with Crippen LogP contribution in [-0.4, -0.2) is 36.3 Å². The van der Waals surface area contributed by atoms with E-state index in [-0.39, 0.29) is 10.3 Å². The fourth-order valence-corrected chi connectivity index (χ4v) is 5.94. The second-order valence-electron chi connectivity index (χ2n) is 8.21. The Bertz CT molecular complexity index is 946. The van der Waals surface area contributed by atoms with Crippen LogP contribution >= 0.6 is 11.8 Å². The highest BCUT2D eigenvalue weighted by atomic mass is 32.2. The molecule has 0 saturated carbocycles. The van der Waals surface area contributed by atoms with Gasteiger partial charge < -0.3 is 0 Å².